The third-order valence-electron chi connectivity index (χ3n) is 4.02. The van der Waals surface area contributed by atoms with Crippen molar-refractivity contribution in [1.82, 2.24) is 14.9 Å². The van der Waals surface area contributed by atoms with E-state index in [1.807, 2.05) is 10.8 Å². The van der Waals surface area contributed by atoms with Crippen LogP contribution in [-0.4, -0.2) is 41.5 Å². The first kappa shape index (κ1) is 17.0. The number of aromatic nitrogens is 2. The van der Waals surface area contributed by atoms with Crippen molar-refractivity contribution in [2.75, 3.05) is 19.8 Å². The van der Waals surface area contributed by atoms with Crippen LogP contribution in [0.4, 0.5) is 13.2 Å². The summed E-state index contributed by atoms with van der Waals surface area (Å²) < 4.78 is 45.2. The van der Waals surface area contributed by atoms with Crippen LogP contribution >= 0.6 is 0 Å². The Morgan fingerprint density at radius 3 is 2.96 bits per heavy atom. The highest BCUT2D eigenvalue weighted by molar-refractivity contribution is 5.56. The zero-order valence-corrected chi connectivity index (χ0v) is 13.2. The molecule has 1 atom stereocenters. The maximum Gasteiger partial charge on any atom is 0.393 e. The largest absolute Gasteiger partial charge is 0.393 e. The average molecular weight is 339 g/mol. The number of hydrogen-bond donors (Lipinski definition) is 1. The van der Waals surface area contributed by atoms with Gasteiger partial charge in [-0.15, -0.1) is 0 Å². The van der Waals surface area contributed by atoms with E-state index in [2.05, 4.69) is 10.3 Å². The summed E-state index contributed by atoms with van der Waals surface area (Å²) in [5.74, 6) is 0.691. The Kier molecular flexibility index (Phi) is 5.20. The van der Waals surface area contributed by atoms with Crippen LogP contribution in [0.3, 0.4) is 0 Å². The molecule has 0 aliphatic carbocycles. The van der Waals surface area contributed by atoms with Crippen molar-refractivity contribution >= 4 is 0 Å². The molecule has 3 rings (SSSR count). The Hall–Kier alpha value is -1.86. The van der Waals surface area contributed by atoms with Crippen LogP contribution in [0.5, 0.6) is 0 Å². The molecule has 0 spiro atoms. The van der Waals surface area contributed by atoms with Gasteiger partial charge in [-0.25, -0.2) is 4.98 Å². The summed E-state index contributed by atoms with van der Waals surface area (Å²) in [6.07, 6.45) is -0.719. The highest BCUT2D eigenvalue weighted by Gasteiger charge is 2.27. The molecule has 0 saturated carbocycles. The Morgan fingerprint density at radius 1 is 1.33 bits per heavy atom. The number of nitrogens with zero attached hydrogens (tertiary/aromatic N) is 2. The summed E-state index contributed by atoms with van der Waals surface area (Å²) in [4.78, 5) is 4.32. The summed E-state index contributed by atoms with van der Waals surface area (Å²) in [7, 11) is 0. The van der Waals surface area contributed by atoms with Crippen LogP contribution in [0.1, 0.15) is 12.0 Å². The molecule has 0 amide bonds. The predicted octanol–water partition coefficient (Wildman–Crippen LogP) is 3.03. The number of benzene rings is 1. The Bertz CT molecular complexity index is 663. The van der Waals surface area contributed by atoms with Crippen molar-refractivity contribution in [3.63, 3.8) is 0 Å². The molecule has 24 heavy (non-hydrogen) atoms. The van der Waals surface area contributed by atoms with E-state index in [9.17, 15) is 13.2 Å². The zero-order valence-electron chi connectivity index (χ0n) is 13.2. The van der Waals surface area contributed by atoms with Gasteiger partial charge in [0.2, 0.25) is 0 Å². The van der Waals surface area contributed by atoms with Crippen molar-refractivity contribution in [3.8, 4) is 11.4 Å². The average Bonchev–Trinajstić information content (AvgIpc) is 3.01. The number of aryl methyl sites for hydroxylation is 1. The van der Waals surface area contributed by atoms with Gasteiger partial charge < -0.3 is 14.6 Å². The van der Waals surface area contributed by atoms with Crippen LogP contribution in [0.15, 0.2) is 36.7 Å². The Morgan fingerprint density at radius 2 is 2.21 bits per heavy atom. The molecule has 1 aromatic carbocycles. The molecule has 0 radical (unpaired) electrons. The van der Waals surface area contributed by atoms with Crippen molar-refractivity contribution < 1.29 is 17.9 Å². The van der Waals surface area contributed by atoms with Crippen molar-refractivity contribution in [2.24, 2.45) is 0 Å². The summed E-state index contributed by atoms with van der Waals surface area (Å²) in [6, 6.07) is 6.79. The van der Waals surface area contributed by atoms with Crippen LogP contribution < -0.4 is 5.32 Å². The van der Waals surface area contributed by atoms with E-state index < -0.39 is 12.6 Å². The smallest absolute Gasteiger partial charge is 0.379 e. The first-order valence-electron chi connectivity index (χ1n) is 7.99. The molecule has 1 aliphatic heterocycles. The number of ether oxygens (including phenoxy) is 1. The highest BCUT2D eigenvalue weighted by Crippen LogP contribution is 2.25. The second-order valence-electron chi connectivity index (χ2n) is 5.95. The lowest BCUT2D eigenvalue weighted by molar-refractivity contribution is -0.127. The van der Waals surface area contributed by atoms with Gasteiger partial charge in [-0.05, 0) is 18.1 Å². The molecular formula is C17H20F3N3O. The predicted molar refractivity (Wildman–Crippen MR) is 84.6 cm³/mol. The second-order valence-corrected chi connectivity index (χ2v) is 5.95. The summed E-state index contributed by atoms with van der Waals surface area (Å²) in [5, 5.41) is 3.39. The van der Waals surface area contributed by atoms with E-state index in [0.717, 1.165) is 26.1 Å². The first-order valence-corrected chi connectivity index (χ1v) is 7.99. The van der Waals surface area contributed by atoms with Crippen molar-refractivity contribution in [2.45, 2.75) is 31.6 Å². The molecule has 4 nitrogen and oxygen atoms in total. The van der Waals surface area contributed by atoms with Gasteiger partial charge in [-0.1, -0.05) is 18.2 Å². The molecule has 1 N–H and O–H groups in total. The fraction of sp³-hybridized carbons (Fsp3) is 0.471. The lowest BCUT2D eigenvalue weighted by Crippen LogP contribution is -2.41. The standard InChI is InChI=1S/C17H20F3N3O/c18-17(19,20)11-13-2-1-3-14(10-13)16-22-5-8-23(16)7-4-15-12-24-9-6-21-15/h1-3,5,8,10,15,21H,4,6-7,9,11-12H2. The third kappa shape index (κ3) is 4.58. The van der Waals surface area contributed by atoms with E-state index in [1.54, 1.807) is 24.4 Å². The minimum absolute atomic E-state index is 0.247. The first-order chi connectivity index (χ1) is 11.5. The van der Waals surface area contributed by atoms with Gasteiger partial charge in [0.15, 0.2) is 0 Å². The van der Waals surface area contributed by atoms with Crippen LogP contribution in [-0.2, 0) is 17.7 Å². The molecule has 1 unspecified atom stereocenters. The Balaban J connectivity index is 1.71. The normalized spacial score (nSPS) is 18.7. The Labute approximate surface area is 138 Å². The van der Waals surface area contributed by atoms with E-state index in [4.69, 9.17) is 4.74 Å². The lowest BCUT2D eigenvalue weighted by atomic mass is 10.1. The summed E-state index contributed by atoms with van der Waals surface area (Å²) in [5.41, 5.74) is 0.950. The van der Waals surface area contributed by atoms with Crippen LogP contribution in [0, 0.1) is 0 Å². The summed E-state index contributed by atoms with van der Waals surface area (Å²) >= 11 is 0. The van der Waals surface area contributed by atoms with Gasteiger partial charge in [-0.2, -0.15) is 13.2 Å². The third-order valence-corrected chi connectivity index (χ3v) is 4.02. The number of hydrogen-bond acceptors (Lipinski definition) is 3. The molecule has 2 heterocycles. The number of imidazole rings is 1. The molecule has 7 heteroatoms. The summed E-state index contributed by atoms with van der Waals surface area (Å²) in [6.45, 7) is 3.00. The fourth-order valence-electron chi connectivity index (χ4n) is 2.90. The monoisotopic (exact) mass is 339 g/mol. The topological polar surface area (TPSA) is 39.1 Å². The van der Waals surface area contributed by atoms with Gasteiger partial charge in [0, 0.05) is 37.1 Å². The van der Waals surface area contributed by atoms with Gasteiger partial charge in [0.05, 0.1) is 19.6 Å². The van der Waals surface area contributed by atoms with Gasteiger partial charge in [0.25, 0.3) is 0 Å². The molecule has 130 valence electrons. The van der Waals surface area contributed by atoms with Crippen LogP contribution in [0.25, 0.3) is 11.4 Å². The number of halogens is 3. The van der Waals surface area contributed by atoms with E-state index >= 15 is 0 Å². The fourth-order valence-corrected chi connectivity index (χ4v) is 2.90. The number of morpholine rings is 1. The van der Waals surface area contributed by atoms with Crippen LogP contribution in [0.2, 0.25) is 0 Å². The molecule has 1 fully saturated rings. The minimum Gasteiger partial charge on any atom is -0.379 e. The van der Waals surface area contributed by atoms with E-state index in [-0.39, 0.29) is 5.56 Å². The lowest BCUT2D eigenvalue weighted by Gasteiger charge is -2.24. The number of nitrogens with one attached hydrogen (secondary N) is 1. The molecule has 1 aromatic heterocycles. The highest BCUT2D eigenvalue weighted by atomic mass is 19.4. The molecular weight excluding hydrogens is 319 g/mol. The SMILES string of the molecule is FC(F)(F)Cc1cccc(-c2nccn2CCC2COCCN2)c1. The van der Waals surface area contributed by atoms with Gasteiger partial charge in [0.1, 0.15) is 5.82 Å². The number of alkyl halides is 3. The quantitative estimate of drug-likeness (QED) is 0.910. The number of rotatable bonds is 5. The molecule has 0 bridgehead atoms. The maximum absolute atomic E-state index is 12.6. The second kappa shape index (κ2) is 7.36. The van der Waals surface area contributed by atoms with Crippen molar-refractivity contribution in [3.05, 3.63) is 42.2 Å². The van der Waals surface area contributed by atoms with E-state index in [1.165, 1.54) is 6.07 Å². The minimum atomic E-state index is -4.21. The molecule has 2 aromatic rings. The zero-order chi connectivity index (χ0) is 17.0. The van der Waals surface area contributed by atoms with E-state index in [0.29, 0.717) is 24.0 Å². The van der Waals surface area contributed by atoms with Gasteiger partial charge >= 0.3 is 6.18 Å². The maximum atomic E-state index is 12.6. The molecule has 1 aliphatic rings. The molecule has 1 saturated heterocycles. The van der Waals surface area contributed by atoms with Crippen molar-refractivity contribution in [1.29, 1.82) is 0 Å². The van der Waals surface area contributed by atoms with Gasteiger partial charge in [-0.3, -0.25) is 0 Å².